The number of nitrogens with zero attached hydrogens (tertiary/aromatic N) is 2. The molecule has 0 radical (unpaired) electrons. The van der Waals surface area contributed by atoms with Gasteiger partial charge in [-0.25, -0.2) is 13.1 Å². The summed E-state index contributed by atoms with van der Waals surface area (Å²) in [6.07, 6.45) is 2.72. The van der Waals surface area contributed by atoms with E-state index in [2.05, 4.69) is 42.3 Å². The molecule has 1 N–H and O–H groups in total. The lowest BCUT2D eigenvalue weighted by Crippen LogP contribution is -2.42. The number of rotatable bonds is 7. The number of aromatic nitrogens is 1. The Kier molecular flexibility index (Phi) is 6.39. The molecule has 7 heteroatoms. The van der Waals surface area contributed by atoms with E-state index in [1.165, 1.54) is 18.5 Å². The molecule has 0 fully saturated rings. The van der Waals surface area contributed by atoms with Crippen molar-refractivity contribution in [2.75, 3.05) is 13.1 Å². The summed E-state index contributed by atoms with van der Waals surface area (Å²) in [6, 6.07) is 2.19. The van der Waals surface area contributed by atoms with Gasteiger partial charge in [-0.2, -0.15) is 0 Å². The molecule has 1 aromatic rings. The number of hydrogen-bond donors (Lipinski definition) is 1. The van der Waals surface area contributed by atoms with Crippen LogP contribution in [0.3, 0.4) is 0 Å². The molecular formula is C13H22ClN3O2S. The molecule has 0 aliphatic heterocycles. The molecule has 1 rings (SSSR count). The summed E-state index contributed by atoms with van der Waals surface area (Å²) in [5, 5.41) is 0.178. The molecule has 0 atom stereocenters. The van der Waals surface area contributed by atoms with Crippen LogP contribution in [-0.2, 0) is 10.0 Å². The van der Waals surface area contributed by atoms with E-state index in [4.69, 9.17) is 11.6 Å². The first-order valence-corrected chi connectivity index (χ1v) is 8.46. The topological polar surface area (TPSA) is 62.3 Å². The zero-order valence-corrected chi connectivity index (χ0v) is 13.9. The van der Waals surface area contributed by atoms with E-state index in [0.29, 0.717) is 25.2 Å². The first-order chi connectivity index (χ1) is 9.25. The van der Waals surface area contributed by atoms with Crippen LogP contribution < -0.4 is 4.72 Å². The number of nitrogens with one attached hydrogen (secondary N) is 1. The molecule has 0 saturated heterocycles. The van der Waals surface area contributed by atoms with Gasteiger partial charge in [0.15, 0.2) is 0 Å². The van der Waals surface area contributed by atoms with Crippen molar-refractivity contribution < 1.29 is 8.42 Å². The van der Waals surface area contributed by atoms with Gasteiger partial charge in [0.05, 0.1) is 5.02 Å². The smallest absolute Gasteiger partial charge is 0.243 e. The lowest BCUT2D eigenvalue weighted by molar-refractivity contribution is 0.179. The van der Waals surface area contributed by atoms with Crippen molar-refractivity contribution in [1.82, 2.24) is 14.6 Å². The Morgan fingerprint density at radius 1 is 1.30 bits per heavy atom. The van der Waals surface area contributed by atoms with Gasteiger partial charge < -0.3 is 0 Å². The summed E-state index contributed by atoms with van der Waals surface area (Å²) < 4.78 is 26.8. The molecule has 5 nitrogen and oxygen atoms in total. The van der Waals surface area contributed by atoms with Crippen LogP contribution in [-0.4, -0.2) is 43.5 Å². The average molecular weight is 320 g/mol. The molecule has 20 heavy (non-hydrogen) atoms. The summed E-state index contributed by atoms with van der Waals surface area (Å²) in [4.78, 5) is 6.03. The Morgan fingerprint density at radius 2 is 1.90 bits per heavy atom. The van der Waals surface area contributed by atoms with E-state index < -0.39 is 10.0 Å². The Hall–Kier alpha value is -0.690. The van der Waals surface area contributed by atoms with Crippen LogP contribution in [0.5, 0.6) is 0 Å². The summed E-state index contributed by atoms with van der Waals surface area (Å²) >= 11 is 5.88. The molecule has 0 aliphatic carbocycles. The third-order valence-electron chi connectivity index (χ3n) is 3.01. The third kappa shape index (κ3) is 4.70. The van der Waals surface area contributed by atoms with Crippen molar-refractivity contribution in [3.63, 3.8) is 0 Å². The minimum Gasteiger partial charge on any atom is -0.297 e. The van der Waals surface area contributed by atoms with Gasteiger partial charge in [-0.3, -0.25) is 9.88 Å². The number of hydrogen-bond acceptors (Lipinski definition) is 4. The Bertz CT molecular complexity index is 524. The van der Waals surface area contributed by atoms with E-state index in [0.717, 1.165) is 0 Å². The quantitative estimate of drug-likeness (QED) is 0.836. The maximum atomic E-state index is 12.1. The second kappa shape index (κ2) is 7.36. The highest BCUT2D eigenvalue weighted by Crippen LogP contribution is 2.18. The highest BCUT2D eigenvalue weighted by molar-refractivity contribution is 7.89. The van der Waals surface area contributed by atoms with Crippen molar-refractivity contribution in [3.05, 3.63) is 23.5 Å². The van der Waals surface area contributed by atoms with Gasteiger partial charge >= 0.3 is 0 Å². The first kappa shape index (κ1) is 17.4. The Labute approximate surface area is 126 Å². The highest BCUT2D eigenvalue weighted by atomic mass is 35.5. The predicted octanol–water partition coefficient (Wildman–Crippen LogP) is 2.13. The van der Waals surface area contributed by atoms with Gasteiger partial charge in [0.1, 0.15) is 4.90 Å². The van der Waals surface area contributed by atoms with Gasteiger partial charge in [0.25, 0.3) is 0 Å². The van der Waals surface area contributed by atoms with Crippen LogP contribution >= 0.6 is 11.6 Å². The van der Waals surface area contributed by atoms with Gasteiger partial charge in [0, 0.05) is 37.6 Å². The van der Waals surface area contributed by atoms with E-state index in [-0.39, 0.29) is 9.92 Å². The SMILES string of the molecule is CC(C)N(CCNS(=O)(=O)c1cnccc1Cl)C(C)C. The fraction of sp³-hybridized carbons (Fsp3) is 0.615. The van der Waals surface area contributed by atoms with E-state index >= 15 is 0 Å². The zero-order chi connectivity index (χ0) is 15.3. The normalized spacial score (nSPS) is 12.6. The Balaban J connectivity index is 2.68. The third-order valence-corrected chi connectivity index (χ3v) is 4.94. The molecule has 114 valence electrons. The summed E-state index contributed by atoms with van der Waals surface area (Å²) in [6.45, 7) is 9.34. The fourth-order valence-corrected chi connectivity index (χ4v) is 3.51. The van der Waals surface area contributed by atoms with Gasteiger partial charge in [0.2, 0.25) is 10.0 Å². The molecule has 0 bridgehead atoms. The predicted molar refractivity (Wildman–Crippen MR) is 81.4 cm³/mol. The zero-order valence-electron chi connectivity index (χ0n) is 12.3. The van der Waals surface area contributed by atoms with Crippen LogP contribution in [0.1, 0.15) is 27.7 Å². The monoisotopic (exact) mass is 319 g/mol. The van der Waals surface area contributed by atoms with Crippen LogP contribution in [0, 0.1) is 0 Å². The molecule has 1 heterocycles. The van der Waals surface area contributed by atoms with Gasteiger partial charge in [-0.05, 0) is 33.8 Å². The molecular weight excluding hydrogens is 298 g/mol. The summed E-state index contributed by atoms with van der Waals surface area (Å²) in [5.41, 5.74) is 0. The number of sulfonamides is 1. The maximum Gasteiger partial charge on any atom is 0.243 e. The van der Waals surface area contributed by atoms with E-state index in [9.17, 15) is 8.42 Å². The average Bonchev–Trinajstić information content (AvgIpc) is 2.34. The molecule has 0 unspecified atom stereocenters. The van der Waals surface area contributed by atoms with Gasteiger partial charge in [-0.15, -0.1) is 0 Å². The number of halogens is 1. The van der Waals surface area contributed by atoms with Gasteiger partial charge in [-0.1, -0.05) is 11.6 Å². The fourth-order valence-electron chi connectivity index (χ4n) is 2.06. The summed E-state index contributed by atoms with van der Waals surface area (Å²) in [7, 11) is -3.61. The molecule has 0 saturated carbocycles. The standard InChI is InChI=1S/C13H22ClN3O2S/c1-10(2)17(11(3)4)8-7-16-20(18,19)13-9-15-6-5-12(13)14/h5-6,9-11,16H,7-8H2,1-4H3. The molecule has 0 spiro atoms. The maximum absolute atomic E-state index is 12.1. The minimum absolute atomic E-state index is 0.0160. The Morgan fingerprint density at radius 3 is 2.40 bits per heavy atom. The minimum atomic E-state index is -3.61. The highest BCUT2D eigenvalue weighted by Gasteiger charge is 2.19. The van der Waals surface area contributed by atoms with Crippen molar-refractivity contribution >= 4 is 21.6 Å². The van der Waals surface area contributed by atoms with Crippen molar-refractivity contribution in [1.29, 1.82) is 0 Å². The molecule has 1 aromatic heterocycles. The largest absolute Gasteiger partial charge is 0.297 e. The molecule has 0 aliphatic rings. The number of pyridine rings is 1. The van der Waals surface area contributed by atoms with Crippen LogP contribution in [0.2, 0.25) is 5.02 Å². The molecule has 0 aromatic carbocycles. The van der Waals surface area contributed by atoms with E-state index in [1.807, 2.05) is 0 Å². The molecule has 0 amide bonds. The summed E-state index contributed by atoms with van der Waals surface area (Å²) in [5.74, 6) is 0. The lowest BCUT2D eigenvalue weighted by atomic mass is 10.2. The van der Waals surface area contributed by atoms with Crippen molar-refractivity contribution in [2.24, 2.45) is 0 Å². The first-order valence-electron chi connectivity index (χ1n) is 6.60. The second-order valence-corrected chi connectivity index (χ2v) is 7.27. The second-order valence-electron chi connectivity index (χ2n) is 5.13. The van der Waals surface area contributed by atoms with Crippen molar-refractivity contribution in [2.45, 2.75) is 44.7 Å². The lowest BCUT2D eigenvalue weighted by Gasteiger charge is -2.30. The van der Waals surface area contributed by atoms with Crippen LogP contribution in [0.25, 0.3) is 0 Å². The van der Waals surface area contributed by atoms with Crippen molar-refractivity contribution in [3.8, 4) is 0 Å². The van der Waals surface area contributed by atoms with Crippen LogP contribution in [0.4, 0.5) is 0 Å². The van der Waals surface area contributed by atoms with Crippen LogP contribution in [0.15, 0.2) is 23.4 Å². The van der Waals surface area contributed by atoms with E-state index in [1.54, 1.807) is 0 Å².